The highest BCUT2D eigenvalue weighted by Gasteiger charge is 2.37. The van der Waals surface area contributed by atoms with Crippen molar-refractivity contribution in [3.8, 4) is 5.75 Å². The molecule has 2 heterocycles. The van der Waals surface area contributed by atoms with Crippen LogP contribution >= 0.6 is 0 Å². The van der Waals surface area contributed by atoms with E-state index in [0.29, 0.717) is 18.7 Å². The van der Waals surface area contributed by atoms with Gasteiger partial charge in [-0.05, 0) is 38.0 Å². The first-order valence-corrected chi connectivity index (χ1v) is 8.03. The van der Waals surface area contributed by atoms with E-state index >= 15 is 0 Å². The first-order chi connectivity index (χ1) is 10.2. The molecule has 0 saturated carbocycles. The van der Waals surface area contributed by atoms with Gasteiger partial charge in [0.25, 0.3) is 0 Å². The summed E-state index contributed by atoms with van der Waals surface area (Å²) in [7, 11) is 0. The van der Waals surface area contributed by atoms with Crippen LogP contribution in [0.2, 0.25) is 0 Å². The Hall–Kier alpha value is -1.10. The highest BCUT2D eigenvalue weighted by atomic mass is 16.5. The van der Waals surface area contributed by atoms with E-state index in [-0.39, 0.29) is 6.10 Å². The van der Waals surface area contributed by atoms with Crippen molar-refractivity contribution in [1.29, 1.82) is 0 Å². The summed E-state index contributed by atoms with van der Waals surface area (Å²) in [4.78, 5) is 4.99. The van der Waals surface area contributed by atoms with Crippen molar-refractivity contribution < 1.29 is 9.84 Å². The molecule has 0 bridgehead atoms. The van der Waals surface area contributed by atoms with Crippen LogP contribution in [-0.4, -0.2) is 59.3 Å². The summed E-state index contributed by atoms with van der Waals surface area (Å²) in [5.74, 6) is 0.943. The van der Waals surface area contributed by atoms with Gasteiger partial charge in [-0.2, -0.15) is 0 Å². The standard InChI is InChI=1S/C17H26N2O2/c1-3-21-17-6-4-14(5-7-17)10-18-11-15-8-16(20)12-19(15)9-13(18)2/h4-7,13,15-16,20H,3,8-12H2,1-2H3/t13-,15+,16-/m1/s1. The molecule has 0 spiro atoms. The maximum Gasteiger partial charge on any atom is 0.119 e. The van der Waals surface area contributed by atoms with Crippen molar-refractivity contribution in [1.82, 2.24) is 9.80 Å². The van der Waals surface area contributed by atoms with Crippen LogP contribution in [0.25, 0.3) is 0 Å². The minimum atomic E-state index is -0.132. The van der Waals surface area contributed by atoms with Crippen LogP contribution in [0.3, 0.4) is 0 Å². The molecule has 1 aromatic rings. The maximum atomic E-state index is 9.83. The molecular weight excluding hydrogens is 264 g/mol. The van der Waals surface area contributed by atoms with Crippen molar-refractivity contribution in [3.05, 3.63) is 29.8 Å². The topological polar surface area (TPSA) is 35.9 Å². The third-order valence-corrected chi connectivity index (χ3v) is 4.69. The summed E-state index contributed by atoms with van der Waals surface area (Å²) in [6, 6.07) is 9.50. The molecule has 3 atom stereocenters. The summed E-state index contributed by atoms with van der Waals surface area (Å²) < 4.78 is 5.49. The second kappa shape index (κ2) is 6.34. The Morgan fingerprint density at radius 3 is 2.67 bits per heavy atom. The monoisotopic (exact) mass is 290 g/mol. The van der Waals surface area contributed by atoms with Crippen LogP contribution in [0.15, 0.2) is 24.3 Å². The Morgan fingerprint density at radius 2 is 1.95 bits per heavy atom. The number of nitrogens with zero attached hydrogens (tertiary/aromatic N) is 2. The summed E-state index contributed by atoms with van der Waals surface area (Å²) in [6.45, 7) is 8.97. The highest BCUT2D eigenvalue weighted by Crippen LogP contribution is 2.26. The van der Waals surface area contributed by atoms with Gasteiger partial charge in [0, 0.05) is 38.3 Å². The zero-order chi connectivity index (χ0) is 14.8. The SMILES string of the molecule is CCOc1ccc(CN2C[C@@H]3C[C@@H](O)CN3C[C@H]2C)cc1. The summed E-state index contributed by atoms with van der Waals surface area (Å²) in [6.07, 6.45) is 0.791. The van der Waals surface area contributed by atoms with Crippen molar-refractivity contribution in [2.45, 2.75) is 45.0 Å². The number of hydrogen-bond acceptors (Lipinski definition) is 4. The molecule has 1 N–H and O–H groups in total. The van der Waals surface area contributed by atoms with Gasteiger partial charge in [-0.3, -0.25) is 9.80 Å². The molecule has 0 amide bonds. The van der Waals surface area contributed by atoms with E-state index < -0.39 is 0 Å². The lowest BCUT2D eigenvalue weighted by atomic mass is 10.1. The number of aliphatic hydroxyl groups is 1. The molecule has 0 aromatic heterocycles. The molecule has 116 valence electrons. The zero-order valence-corrected chi connectivity index (χ0v) is 13.0. The lowest BCUT2D eigenvalue weighted by Crippen LogP contribution is -2.54. The first kappa shape index (κ1) is 14.8. The maximum absolute atomic E-state index is 9.83. The fourth-order valence-corrected chi connectivity index (χ4v) is 3.59. The van der Waals surface area contributed by atoms with Crippen LogP contribution in [0.5, 0.6) is 5.75 Å². The van der Waals surface area contributed by atoms with Crippen LogP contribution in [-0.2, 0) is 6.54 Å². The molecule has 0 aliphatic carbocycles. The number of rotatable bonds is 4. The molecular formula is C17H26N2O2. The third-order valence-electron chi connectivity index (χ3n) is 4.69. The predicted octanol–water partition coefficient (Wildman–Crippen LogP) is 1.72. The quantitative estimate of drug-likeness (QED) is 0.916. The van der Waals surface area contributed by atoms with Crippen molar-refractivity contribution in [3.63, 3.8) is 0 Å². The number of benzene rings is 1. The molecule has 1 aromatic carbocycles. The highest BCUT2D eigenvalue weighted by molar-refractivity contribution is 5.27. The van der Waals surface area contributed by atoms with Crippen molar-refractivity contribution in [2.24, 2.45) is 0 Å². The Balaban J connectivity index is 1.61. The van der Waals surface area contributed by atoms with Crippen LogP contribution in [0, 0.1) is 0 Å². The van der Waals surface area contributed by atoms with Gasteiger partial charge in [-0.1, -0.05) is 12.1 Å². The third kappa shape index (κ3) is 3.39. The number of aliphatic hydroxyl groups excluding tert-OH is 1. The number of ether oxygens (including phenoxy) is 1. The van der Waals surface area contributed by atoms with E-state index in [9.17, 15) is 5.11 Å². The van der Waals surface area contributed by atoms with Crippen molar-refractivity contribution in [2.75, 3.05) is 26.2 Å². The van der Waals surface area contributed by atoms with Gasteiger partial charge in [0.2, 0.25) is 0 Å². The van der Waals surface area contributed by atoms with Crippen LogP contribution < -0.4 is 4.74 Å². The summed E-state index contributed by atoms with van der Waals surface area (Å²) in [5.41, 5.74) is 1.33. The summed E-state index contributed by atoms with van der Waals surface area (Å²) >= 11 is 0. The van der Waals surface area contributed by atoms with E-state index in [2.05, 4.69) is 41.0 Å². The molecule has 3 rings (SSSR count). The minimum absolute atomic E-state index is 0.132. The largest absolute Gasteiger partial charge is 0.494 e. The Kier molecular flexibility index (Phi) is 4.48. The van der Waals surface area contributed by atoms with Gasteiger partial charge in [-0.15, -0.1) is 0 Å². The van der Waals surface area contributed by atoms with Gasteiger partial charge >= 0.3 is 0 Å². The lowest BCUT2D eigenvalue weighted by molar-refractivity contribution is 0.0528. The van der Waals surface area contributed by atoms with Gasteiger partial charge < -0.3 is 9.84 Å². The Labute approximate surface area is 127 Å². The van der Waals surface area contributed by atoms with Gasteiger partial charge in [0.15, 0.2) is 0 Å². The molecule has 0 radical (unpaired) electrons. The number of fused-ring (bicyclic) bond motifs is 1. The normalized spacial score (nSPS) is 30.3. The average molecular weight is 290 g/mol. The molecule has 0 unspecified atom stereocenters. The fraction of sp³-hybridized carbons (Fsp3) is 0.647. The van der Waals surface area contributed by atoms with Crippen LogP contribution in [0.1, 0.15) is 25.8 Å². The van der Waals surface area contributed by atoms with Crippen LogP contribution in [0.4, 0.5) is 0 Å². The zero-order valence-electron chi connectivity index (χ0n) is 13.0. The molecule has 2 saturated heterocycles. The smallest absolute Gasteiger partial charge is 0.119 e. The molecule has 2 aliphatic heterocycles. The Bertz CT molecular complexity index is 462. The molecule has 4 nitrogen and oxygen atoms in total. The molecule has 2 aliphatic rings. The summed E-state index contributed by atoms with van der Waals surface area (Å²) in [5, 5.41) is 9.83. The minimum Gasteiger partial charge on any atom is -0.494 e. The fourth-order valence-electron chi connectivity index (χ4n) is 3.59. The van der Waals surface area contributed by atoms with E-state index in [1.165, 1.54) is 5.56 Å². The number of hydrogen-bond donors (Lipinski definition) is 1. The van der Waals surface area contributed by atoms with E-state index in [4.69, 9.17) is 4.74 Å². The molecule has 21 heavy (non-hydrogen) atoms. The van der Waals surface area contributed by atoms with Gasteiger partial charge in [0.05, 0.1) is 12.7 Å². The second-order valence-corrected chi connectivity index (χ2v) is 6.35. The van der Waals surface area contributed by atoms with E-state index in [0.717, 1.165) is 38.3 Å². The van der Waals surface area contributed by atoms with E-state index in [1.807, 2.05) is 6.92 Å². The Morgan fingerprint density at radius 1 is 1.19 bits per heavy atom. The molecule has 4 heteroatoms. The van der Waals surface area contributed by atoms with E-state index in [1.54, 1.807) is 0 Å². The second-order valence-electron chi connectivity index (χ2n) is 6.35. The van der Waals surface area contributed by atoms with Gasteiger partial charge in [0.1, 0.15) is 5.75 Å². The van der Waals surface area contributed by atoms with Crippen molar-refractivity contribution >= 4 is 0 Å². The molecule has 2 fully saturated rings. The lowest BCUT2D eigenvalue weighted by Gasteiger charge is -2.42. The predicted molar refractivity (Wildman–Crippen MR) is 83.5 cm³/mol. The number of piperazine rings is 1. The first-order valence-electron chi connectivity index (χ1n) is 8.03. The van der Waals surface area contributed by atoms with Gasteiger partial charge in [-0.25, -0.2) is 0 Å². The average Bonchev–Trinajstić information content (AvgIpc) is 2.81.